The summed E-state index contributed by atoms with van der Waals surface area (Å²) in [5.74, 6) is -0.549. The van der Waals surface area contributed by atoms with E-state index in [2.05, 4.69) is 10.6 Å². The van der Waals surface area contributed by atoms with E-state index in [4.69, 9.17) is 4.74 Å². The number of para-hydroxylation sites is 1. The van der Waals surface area contributed by atoms with Crippen molar-refractivity contribution in [1.29, 1.82) is 0 Å². The molecule has 10 heteroatoms. The van der Waals surface area contributed by atoms with Gasteiger partial charge in [0.15, 0.2) is 6.61 Å². The highest BCUT2D eigenvalue weighted by Crippen LogP contribution is 2.24. The van der Waals surface area contributed by atoms with E-state index in [1.807, 2.05) is 50.4 Å². The summed E-state index contributed by atoms with van der Waals surface area (Å²) in [6, 6.07) is 22.8. The quantitative estimate of drug-likeness (QED) is 0.323. The molecule has 0 aromatic heterocycles. The van der Waals surface area contributed by atoms with Crippen LogP contribution in [0.1, 0.15) is 37.7 Å². The van der Waals surface area contributed by atoms with Crippen LogP contribution < -0.4 is 25.2 Å². The lowest BCUT2D eigenvalue weighted by Gasteiger charge is -2.31. The number of nitrogens with one attached hydrogen (secondary N) is 2. The third-order valence-corrected chi connectivity index (χ3v) is 7.80. The minimum Gasteiger partial charge on any atom is -0.484 e. The standard InChI is InChI=1S/C34H41N5O5/c1-25-12-10-13-26(20-25)36-34(43)35-22-31(40)39(23-32(41)37(2)27-14-6-4-7-15-27)29-18-11-19-30(21-29)44-24-33(42)38(3)28-16-8-5-9-17-28/h4,6-7,10-15,18-21,28H,5,8-9,16-17,22-24H2,1-3H3,(H2,35,36,43). The lowest BCUT2D eigenvalue weighted by Crippen LogP contribution is -2.46. The summed E-state index contributed by atoms with van der Waals surface area (Å²) in [5.41, 5.74) is 2.66. The second-order valence-electron chi connectivity index (χ2n) is 11.0. The van der Waals surface area contributed by atoms with Crippen molar-refractivity contribution in [1.82, 2.24) is 10.2 Å². The largest absolute Gasteiger partial charge is 0.484 e. The van der Waals surface area contributed by atoms with E-state index in [1.165, 1.54) is 16.2 Å². The number of nitrogens with zero attached hydrogens (tertiary/aromatic N) is 3. The van der Waals surface area contributed by atoms with Gasteiger partial charge in [-0.1, -0.05) is 55.7 Å². The first-order valence-electron chi connectivity index (χ1n) is 14.9. The minimum absolute atomic E-state index is 0.112. The molecule has 1 saturated carbocycles. The number of aryl methyl sites for hydroxylation is 1. The second kappa shape index (κ2) is 15.6. The van der Waals surface area contributed by atoms with Crippen molar-refractivity contribution < 1.29 is 23.9 Å². The number of amides is 5. The van der Waals surface area contributed by atoms with Crippen LogP contribution in [0.2, 0.25) is 0 Å². The van der Waals surface area contributed by atoms with Crippen LogP contribution in [0.3, 0.4) is 0 Å². The topological polar surface area (TPSA) is 111 Å². The molecule has 0 radical (unpaired) electrons. The first-order valence-corrected chi connectivity index (χ1v) is 14.9. The molecule has 0 bridgehead atoms. The lowest BCUT2D eigenvalue weighted by atomic mass is 9.94. The van der Waals surface area contributed by atoms with E-state index < -0.39 is 11.9 Å². The zero-order chi connectivity index (χ0) is 31.5. The number of hydrogen-bond donors (Lipinski definition) is 2. The van der Waals surface area contributed by atoms with E-state index in [0.717, 1.165) is 31.2 Å². The molecule has 5 amide bonds. The van der Waals surface area contributed by atoms with Crippen molar-refractivity contribution >= 4 is 40.8 Å². The van der Waals surface area contributed by atoms with Gasteiger partial charge >= 0.3 is 6.03 Å². The Morgan fingerprint density at radius 3 is 2.23 bits per heavy atom. The van der Waals surface area contributed by atoms with Crippen LogP contribution in [0.15, 0.2) is 78.9 Å². The molecule has 3 aromatic rings. The Balaban J connectivity index is 1.45. The number of benzene rings is 3. The van der Waals surface area contributed by atoms with Gasteiger partial charge in [-0.3, -0.25) is 14.4 Å². The number of rotatable bonds is 11. The van der Waals surface area contributed by atoms with Crippen LogP contribution in [-0.2, 0) is 14.4 Å². The molecule has 3 aromatic carbocycles. The van der Waals surface area contributed by atoms with Gasteiger partial charge in [0, 0.05) is 43.3 Å². The summed E-state index contributed by atoms with van der Waals surface area (Å²) in [6.07, 6.45) is 5.44. The van der Waals surface area contributed by atoms with Gasteiger partial charge in [-0.05, 0) is 61.7 Å². The van der Waals surface area contributed by atoms with E-state index >= 15 is 0 Å². The highest BCUT2D eigenvalue weighted by Gasteiger charge is 2.24. The zero-order valence-electron chi connectivity index (χ0n) is 25.6. The van der Waals surface area contributed by atoms with Crippen LogP contribution in [-0.4, -0.2) is 68.5 Å². The zero-order valence-corrected chi connectivity index (χ0v) is 25.6. The monoisotopic (exact) mass is 599 g/mol. The highest BCUT2D eigenvalue weighted by atomic mass is 16.5. The van der Waals surface area contributed by atoms with Crippen LogP contribution >= 0.6 is 0 Å². The fraction of sp³-hybridized carbons (Fsp3) is 0.353. The highest BCUT2D eigenvalue weighted by molar-refractivity contribution is 6.05. The predicted octanol–water partition coefficient (Wildman–Crippen LogP) is 4.98. The van der Waals surface area contributed by atoms with Crippen molar-refractivity contribution in [3.05, 3.63) is 84.4 Å². The number of anilines is 3. The number of hydrogen-bond acceptors (Lipinski definition) is 5. The number of ether oxygens (including phenoxy) is 1. The summed E-state index contributed by atoms with van der Waals surface area (Å²) in [5, 5.41) is 5.30. The summed E-state index contributed by atoms with van der Waals surface area (Å²) in [7, 11) is 3.46. The molecule has 0 spiro atoms. The molecule has 1 aliphatic carbocycles. The van der Waals surface area contributed by atoms with Crippen molar-refractivity contribution in [2.45, 2.75) is 45.1 Å². The Morgan fingerprint density at radius 2 is 1.50 bits per heavy atom. The molecule has 0 heterocycles. The molecule has 0 atom stereocenters. The SMILES string of the molecule is Cc1cccc(NC(=O)NCC(=O)N(CC(=O)N(C)c2ccccc2)c2cccc(OCC(=O)N(C)C3CCCCC3)c2)c1. The Morgan fingerprint density at radius 1 is 0.795 bits per heavy atom. The molecule has 44 heavy (non-hydrogen) atoms. The van der Waals surface area contributed by atoms with Gasteiger partial charge in [0.2, 0.25) is 11.8 Å². The van der Waals surface area contributed by atoms with Crippen molar-refractivity contribution in [3.63, 3.8) is 0 Å². The molecular weight excluding hydrogens is 558 g/mol. The number of urea groups is 1. The van der Waals surface area contributed by atoms with Gasteiger partial charge in [-0.25, -0.2) is 4.79 Å². The van der Waals surface area contributed by atoms with Crippen LogP contribution in [0, 0.1) is 6.92 Å². The molecule has 1 fully saturated rings. The number of likely N-dealkylation sites (N-methyl/N-ethyl adjacent to an activating group) is 2. The molecule has 0 saturated heterocycles. The summed E-state index contributed by atoms with van der Waals surface area (Å²) in [6.45, 7) is 1.14. The third-order valence-electron chi connectivity index (χ3n) is 7.80. The first kappa shape index (κ1) is 32.1. The average molecular weight is 600 g/mol. The van der Waals surface area contributed by atoms with E-state index in [1.54, 1.807) is 54.4 Å². The minimum atomic E-state index is -0.547. The lowest BCUT2D eigenvalue weighted by molar-refractivity contribution is -0.134. The van der Waals surface area contributed by atoms with Crippen molar-refractivity contribution in [2.75, 3.05) is 48.9 Å². The molecule has 4 rings (SSSR count). The Bertz CT molecular complexity index is 1440. The molecule has 0 unspecified atom stereocenters. The van der Waals surface area contributed by atoms with Gasteiger partial charge in [0.25, 0.3) is 5.91 Å². The third kappa shape index (κ3) is 9.07. The van der Waals surface area contributed by atoms with Crippen LogP contribution in [0.25, 0.3) is 0 Å². The van der Waals surface area contributed by atoms with Gasteiger partial charge in [0.05, 0.1) is 6.54 Å². The van der Waals surface area contributed by atoms with Crippen molar-refractivity contribution in [3.8, 4) is 5.75 Å². The van der Waals surface area contributed by atoms with E-state index in [-0.39, 0.29) is 37.6 Å². The Kier molecular flexibility index (Phi) is 11.3. The summed E-state index contributed by atoms with van der Waals surface area (Å²) in [4.78, 5) is 56.8. The molecule has 0 aliphatic heterocycles. The van der Waals surface area contributed by atoms with E-state index in [9.17, 15) is 19.2 Å². The summed E-state index contributed by atoms with van der Waals surface area (Å²) < 4.78 is 5.84. The molecule has 232 valence electrons. The van der Waals surface area contributed by atoms with Gasteiger partial charge in [-0.15, -0.1) is 0 Å². The first-order chi connectivity index (χ1) is 21.2. The Hall–Kier alpha value is -4.86. The normalized spacial score (nSPS) is 13.0. The predicted molar refractivity (Wildman–Crippen MR) is 172 cm³/mol. The van der Waals surface area contributed by atoms with Crippen molar-refractivity contribution in [2.24, 2.45) is 0 Å². The summed E-state index contributed by atoms with van der Waals surface area (Å²) >= 11 is 0. The van der Waals surface area contributed by atoms with Gasteiger partial charge < -0.3 is 30.1 Å². The molecule has 1 aliphatic rings. The number of carbonyl (C=O) groups excluding carboxylic acids is 4. The molecular formula is C34H41N5O5. The maximum absolute atomic E-state index is 13.5. The molecule has 2 N–H and O–H groups in total. The maximum Gasteiger partial charge on any atom is 0.319 e. The van der Waals surface area contributed by atoms with E-state index in [0.29, 0.717) is 22.8 Å². The van der Waals surface area contributed by atoms with Gasteiger partial charge in [0.1, 0.15) is 12.3 Å². The fourth-order valence-electron chi connectivity index (χ4n) is 5.17. The second-order valence-corrected chi connectivity index (χ2v) is 11.0. The maximum atomic E-state index is 13.5. The fourth-order valence-corrected chi connectivity index (χ4v) is 5.17. The van der Waals surface area contributed by atoms with Gasteiger partial charge in [-0.2, -0.15) is 0 Å². The van der Waals surface area contributed by atoms with Crippen LogP contribution in [0.5, 0.6) is 5.75 Å². The smallest absolute Gasteiger partial charge is 0.319 e. The Labute approximate surface area is 259 Å². The van der Waals surface area contributed by atoms with Crippen LogP contribution in [0.4, 0.5) is 21.9 Å². The number of carbonyl (C=O) groups is 4. The molecule has 10 nitrogen and oxygen atoms in total. The average Bonchev–Trinajstić information content (AvgIpc) is 3.05.